The maximum absolute atomic E-state index is 13.4. The maximum Gasteiger partial charge on any atom is 0.281 e. The Bertz CT molecular complexity index is 1410. The van der Waals surface area contributed by atoms with Gasteiger partial charge in [0.1, 0.15) is 11.6 Å². The summed E-state index contributed by atoms with van der Waals surface area (Å²) >= 11 is 3.52. The van der Waals surface area contributed by atoms with Gasteiger partial charge in [-0.25, -0.2) is 19.7 Å². The number of amides is 1. The van der Waals surface area contributed by atoms with Gasteiger partial charge in [0.05, 0.1) is 17.4 Å². The number of carbonyl (C=O) groups excluding carboxylic acids is 1. The molecule has 3 N–H and O–H groups in total. The summed E-state index contributed by atoms with van der Waals surface area (Å²) in [6.07, 6.45) is 3.48. The first kappa shape index (κ1) is 26.8. The highest BCUT2D eigenvalue weighted by molar-refractivity contribution is 9.10. The summed E-state index contributed by atoms with van der Waals surface area (Å²) in [5.41, 5.74) is 7.04. The average Bonchev–Trinajstić information content (AvgIpc) is 3.16. The second kappa shape index (κ2) is 10.6. The van der Waals surface area contributed by atoms with Crippen molar-refractivity contribution in [3.05, 3.63) is 52.6 Å². The van der Waals surface area contributed by atoms with Gasteiger partial charge in [-0.15, -0.1) is 0 Å². The van der Waals surface area contributed by atoms with E-state index in [9.17, 15) is 13.2 Å². The highest BCUT2D eigenvalue weighted by atomic mass is 79.9. The van der Waals surface area contributed by atoms with Crippen LogP contribution < -0.4 is 20.1 Å². The Morgan fingerprint density at radius 1 is 1.16 bits per heavy atom. The second-order valence-electron chi connectivity index (χ2n) is 9.26. The zero-order valence-corrected chi connectivity index (χ0v) is 23.4. The minimum absolute atomic E-state index is 0.00967. The van der Waals surface area contributed by atoms with Crippen LogP contribution in [0.4, 0.5) is 11.6 Å². The SMILES string of the molecule is CC(C)Oc1ccc(-c2nc(N3[C@H](C)CC[C@@H]3C)c(C(=O)NS(=O)(=O)c3cccc(N)n3)cc2Br)cn1. The fourth-order valence-electron chi connectivity index (χ4n) is 4.30. The van der Waals surface area contributed by atoms with Crippen molar-refractivity contribution in [1.82, 2.24) is 19.7 Å². The van der Waals surface area contributed by atoms with Gasteiger partial charge in [-0.3, -0.25) is 4.79 Å². The molecule has 0 aromatic carbocycles. The first-order chi connectivity index (χ1) is 17.5. The molecule has 10 nitrogen and oxygen atoms in total. The van der Waals surface area contributed by atoms with Crippen molar-refractivity contribution >= 4 is 43.5 Å². The molecule has 196 valence electrons. The molecular weight excluding hydrogens is 560 g/mol. The van der Waals surface area contributed by atoms with Gasteiger partial charge in [0.15, 0.2) is 5.03 Å². The molecule has 1 aliphatic rings. The maximum atomic E-state index is 13.4. The third-order valence-corrected chi connectivity index (χ3v) is 7.85. The summed E-state index contributed by atoms with van der Waals surface area (Å²) in [5, 5.41) is -0.344. The first-order valence-electron chi connectivity index (χ1n) is 11.9. The van der Waals surface area contributed by atoms with Crippen LogP contribution >= 0.6 is 15.9 Å². The molecule has 0 spiro atoms. The van der Waals surface area contributed by atoms with Crippen LogP contribution in [0.5, 0.6) is 5.88 Å². The Kier molecular flexibility index (Phi) is 7.69. The van der Waals surface area contributed by atoms with E-state index < -0.39 is 15.9 Å². The number of pyridine rings is 3. The highest BCUT2D eigenvalue weighted by Gasteiger charge is 2.33. The molecule has 2 atom stereocenters. The molecule has 1 saturated heterocycles. The molecule has 3 aromatic rings. The Balaban J connectivity index is 1.76. The molecule has 1 fully saturated rings. The van der Waals surface area contributed by atoms with Crippen LogP contribution in [0, 0.1) is 0 Å². The van der Waals surface area contributed by atoms with E-state index in [1.165, 1.54) is 18.2 Å². The fraction of sp³-hybridized carbons (Fsp3) is 0.360. The lowest BCUT2D eigenvalue weighted by Crippen LogP contribution is -2.37. The van der Waals surface area contributed by atoms with E-state index in [1.807, 2.05) is 19.9 Å². The van der Waals surface area contributed by atoms with E-state index in [-0.39, 0.29) is 34.6 Å². The van der Waals surface area contributed by atoms with Crippen LogP contribution in [-0.2, 0) is 10.0 Å². The van der Waals surface area contributed by atoms with Crippen LogP contribution in [-0.4, -0.2) is 47.5 Å². The number of aromatic nitrogens is 3. The number of anilines is 2. The third kappa shape index (κ3) is 5.85. The molecule has 37 heavy (non-hydrogen) atoms. The average molecular weight is 590 g/mol. The number of carbonyl (C=O) groups is 1. The van der Waals surface area contributed by atoms with E-state index in [1.54, 1.807) is 18.3 Å². The Hall–Kier alpha value is -3.25. The lowest BCUT2D eigenvalue weighted by molar-refractivity contribution is 0.0981. The van der Waals surface area contributed by atoms with Crippen LogP contribution in [0.25, 0.3) is 11.3 Å². The topological polar surface area (TPSA) is 140 Å². The van der Waals surface area contributed by atoms with Gasteiger partial charge >= 0.3 is 0 Å². The molecule has 12 heteroatoms. The van der Waals surface area contributed by atoms with Gasteiger partial charge in [-0.1, -0.05) is 6.07 Å². The summed E-state index contributed by atoms with van der Waals surface area (Å²) in [6, 6.07) is 9.60. The highest BCUT2D eigenvalue weighted by Crippen LogP contribution is 2.37. The number of halogens is 1. The Labute approximate surface area is 224 Å². The Morgan fingerprint density at radius 3 is 2.46 bits per heavy atom. The number of nitrogens with two attached hydrogens (primary N) is 1. The molecule has 0 bridgehead atoms. The number of nitrogens with zero attached hydrogens (tertiary/aromatic N) is 4. The van der Waals surface area contributed by atoms with Gasteiger partial charge < -0.3 is 15.4 Å². The van der Waals surface area contributed by atoms with Crippen molar-refractivity contribution in [2.75, 3.05) is 10.6 Å². The Morgan fingerprint density at radius 2 is 1.86 bits per heavy atom. The smallest absolute Gasteiger partial charge is 0.281 e. The molecule has 0 radical (unpaired) electrons. The van der Waals surface area contributed by atoms with Crippen molar-refractivity contribution < 1.29 is 17.9 Å². The second-order valence-corrected chi connectivity index (χ2v) is 11.7. The van der Waals surface area contributed by atoms with E-state index in [0.717, 1.165) is 12.8 Å². The molecule has 0 unspecified atom stereocenters. The van der Waals surface area contributed by atoms with Gasteiger partial charge in [-0.05, 0) is 80.7 Å². The van der Waals surface area contributed by atoms with Crippen molar-refractivity contribution in [2.24, 2.45) is 0 Å². The van der Waals surface area contributed by atoms with Crippen LogP contribution in [0.2, 0.25) is 0 Å². The van der Waals surface area contributed by atoms with Crippen molar-refractivity contribution in [3.8, 4) is 17.1 Å². The van der Waals surface area contributed by atoms with Crippen LogP contribution in [0.1, 0.15) is 50.9 Å². The lowest BCUT2D eigenvalue weighted by Gasteiger charge is -2.30. The van der Waals surface area contributed by atoms with E-state index >= 15 is 0 Å². The normalized spacial score (nSPS) is 17.7. The van der Waals surface area contributed by atoms with Gasteiger partial charge in [0.25, 0.3) is 15.9 Å². The zero-order chi connectivity index (χ0) is 26.9. The van der Waals surface area contributed by atoms with Crippen molar-refractivity contribution in [1.29, 1.82) is 0 Å². The standard InChI is InChI=1S/C25H29BrN6O4S/c1-14(2)36-21-11-10-17(13-28-21)23-19(26)12-18(24(30-23)32-15(3)8-9-16(32)4)25(33)31-37(34,35)22-7-5-6-20(27)29-22/h5-7,10-16H,8-9H2,1-4H3,(H2,27,29)(H,31,33)/t15-,16+. The van der Waals surface area contributed by atoms with Crippen molar-refractivity contribution in [2.45, 2.75) is 63.8 Å². The van der Waals surface area contributed by atoms with E-state index in [0.29, 0.717) is 27.4 Å². The van der Waals surface area contributed by atoms with Gasteiger partial charge in [-0.2, -0.15) is 8.42 Å². The monoisotopic (exact) mass is 588 g/mol. The summed E-state index contributed by atoms with van der Waals surface area (Å²) in [6.45, 7) is 7.96. The number of hydrogen-bond donors (Lipinski definition) is 2. The van der Waals surface area contributed by atoms with E-state index in [2.05, 4.69) is 49.4 Å². The summed E-state index contributed by atoms with van der Waals surface area (Å²) in [4.78, 5) is 28.5. The fourth-order valence-corrected chi connectivity index (χ4v) is 5.79. The number of sulfonamides is 1. The molecule has 3 aromatic heterocycles. The minimum atomic E-state index is -4.26. The summed E-state index contributed by atoms with van der Waals surface area (Å²) < 4.78 is 34.1. The third-order valence-electron chi connectivity index (χ3n) is 6.01. The van der Waals surface area contributed by atoms with Crippen molar-refractivity contribution in [3.63, 3.8) is 0 Å². The van der Waals surface area contributed by atoms with Gasteiger partial charge in [0.2, 0.25) is 5.88 Å². The quantitative estimate of drug-likeness (QED) is 0.416. The number of rotatable bonds is 7. The number of hydrogen-bond acceptors (Lipinski definition) is 9. The zero-order valence-electron chi connectivity index (χ0n) is 21.0. The first-order valence-corrected chi connectivity index (χ1v) is 14.2. The number of nitrogens with one attached hydrogen (secondary N) is 1. The molecule has 0 saturated carbocycles. The number of ether oxygens (including phenoxy) is 1. The molecule has 1 amide bonds. The van der Waals surface area contributed by atoms with Crippen LogP contribution in [0.3, 0.4) is 0 Å². The molecule has 1 aliphatic heterocycles. The van der Waals surface area contributed by atoms with Gasteiger partial charge in [0, 0.05) is 34.4 Å². The summed E-state index contributed by atoms with van der Waals surface area (Å²) in [7, 11) is -4.26. The molecular formula is C25H29BrN6O4S. The largest absolute Gasteiger partial charge is 0.475 e. The van der Waals surface area contributed by atoms with Crippen LogP contribution in [0.15, 0.2) is 52.1 Å². The number of nitrogen functional groups attached to an aromatic ring is 1. The molecule has 4 rings (SSSR count). The predicted octanol–water partition coefficient (Wildman–Crippen LogP) is 4.17. The molecule has 0 aliphatic carbocycles. The molecule has 4 heterocycles. The summed E-state index contributed by atoms with van der Waals surface area (Å²) in [5.74, 6) is 0.103. The lowest BCUT2D eigenvalue weighted by atomic mass is 10.1. The minimum Gasteiger partial charge on any atom is -0.475 e. The predicted molar refractivity (Wildman–Crippen MR) is 145 cm³/mol. The van der Waals surface area contributed by atoms with E-state index in [4.69, 9.17) is 15.5 Å².